The Labute approximate surface area is 155 Å². The van der Waals surface area contributed by atoms with Crippen molar-refractivity contribution in [3.63, 3.8) is 0 Å². The first kappa shape index (κ1) is 18.0. The highest BCUT2D eigenvalue weighted by Crippen LogP contribution is 2.30. The van der Waals surface area contributed by atoms with Gasteiger partial charge in [-0.25, -0.2) is 4.98 Å². The molecule has 0 aliphatic rings. The van der Waals surface area contributed by atoms with Crippen LogP contribution in [0, 0.1) is 0 Å². The van der Waals surface area contributed by atoms with Crippen LogP contribution in [0.4, 0.5) is 5.13 Å². The lowest BCUT2D eigenvalue weighted by atomic mass is 10.1. The van der Waals surface area contributed by atoms with Crippen LogP contribution in [0.5, 0.6) is 17.2 Å². The van der Waals surface area contributed by atoms with Crippen LogP contribution >= 0.6 is 11.3 Å². The van der Waals surface area contributed by atoms with Crippen molar-refractivity contribution in [2.75, 3.05) is 32.7 Å². The van der Waals surface area contributed by atoms with Gasteiger partial charge < -0.3 is 19.5 Å². The van der Waals surface area contributed by atoms with Gasteiger partial charge in [0.05, 0.1) is 37.6 Å². The number of nitrogens with zero attached hydrogens (tertiary/aromatic N) is 1. The van der Waals surface area contributed by atoms with Gasteiger partial charge in [0.2, 0.25) is 0 Å². The molecule has 0 radical (unpaired) electrons. The van der Waals surface area contributed by atoms with E-state index in [-0.39, 0.29) is 12.3 Å². The first-order valence-electron chi connectivity index (χ1n) is 8.17. The van der Waals surface area contributed by atoms with Crippen LogP contribution in [0.25, 0.3) is 10.2 Å². The molecule has 0 fully saturated rings. The first-order chi connectivity index (χ1) is 12.6. The van der Waals surface area contributed by atoms with Crippen molar-refractivity contribution in [3.8, 4) is 17.2 Å². The fourth-order valence-corrected chi connectivity index (χ4v) is 3.39. The molecule has 0 saturated heterocycles. The van der Waals surface area contributed by atoms with Crippen molar-refractivity contribution in [3.05, 3.63) is 42.0 Å². The van der Waals surface area contributed by atoms with E-state index in [9.17, 15) is 4.79 Å². The fourth-order valence-electron chi connectivity index (χ4n) is 2.50. The lowest BCUT2D eigenvalue weighted by Gasteiger charge is -2.09. The second-order valence-corrected chi connectivity index (χ2v) is 6.46. The zero-order chi connectivity index (χ0) is 18.5. The van der Waals surface area contributed by atoms with E-state index < -0.39 is 0 Å². The topological polar surface area (TPSA) is 69.7 Å². The quantitative estimate of drug-likeness (QED) is 0.603. The Morgan fingerprint density at radius 3 is 2.65 bits per heavy atom. The van der Waals surface area contributed by atoms with Gasteiger partial charge in [0.25, 0.3) is 0 Å². The van der Waals surface area contributed by atoms with Crippen LogP contribution in [-0.4, -0.2) is 38.1 Å². The van der Waals surface area contributed by atoms with E-state index in [1.54, 1.807) is 32.4 Å². The number of ether oxygens (including phenoxy) is 3. The van der Waals surface area contributed by atoms with Crippen molar-refractivity contribution >= 4 is 32.5 Å². The summed E-state index contributed by atoms with van der Waals surface area (Å²) in [5.74, 6) is 1.88. The van der Waals surface area contributed by atoms with Crippen molar-refractivity contribution < 1.29 is 19.0 Å². The summed E-state index contributed by atoms with van der Waals surface area (Å²) in [6, 6.07) is 10.9. The molecule has 2 aromatic carbocycles. The van der Waals surface area contributed by atoms with Crippen LogP contribution < -0.4 is 19.5 Å². The SMILES string of the molecule is CCOc1ccc2nc(NCC(=O)c3ccc(OC)c(OC)c3)sc2c1. The standard InChI is InChI=1S/C19H20N2O4S/c1-4-25-13-6-7-14-18(10-13)26-19(21-14)20-11-15(22)12-5-8-16(23-2)17(9-12)24-3/h5-10H,4,11H2,1-3H3,(H,20,21). The van der Waals surface area contributed by atoms with Crippen LogP contribution in [0.3, 0.4) is 0 Å². The van der Waals surface area contributed by atoms with Gasteiger partial charge in [-0.3, -0.25) is 4.79 Å². The number of carbonyl (C=O) groups excluding carboxylic acids is 1. The highest BCUT2D eigenvalue weighted by molar-refractivity contribution is 7.22. The average Bonchev–Trinajstić information content (AvgIpc) is 3.08. The Morgan fingerprint density at radius 1 is 1.12 bits per heavy atom. The van der Waals surface area contributed by atoms with Crippen LogP contribution in [0.2, 0.25) is 0 Å². The molecule has 0 atom stereocenters. The van der Waals surface area contributed by atoms with Crippen molar-refractivity contribution in [1.29, 1.82) is 0 Å². The molecule has 0 amide bonds. The van der Waals surface area contributed by atoms with Crippen LogP contribution in [-0.2, 0) is 0 Å². The number of benzene rings is 2. The summed E-state index contributed by atoms with van der Waals surface area (Å²) in [7, 11) is 3.10. The minimum absolute atomic E-state index is 0.0554. The van der Waals surface area contributed by atoms with Gasteiger partial charge >= 0.3 is 0 Å². The number of hydrogen-bond donors (Lipinski definition) is 1. The number of anilines is 1. The lowest BCUT2D eigenvalue weighted by Crippen LogP contribution is -2.14. The molecule has 0 saturated carbocycles. The molecule has 0 spiro atoms. The minimum Gasteiger partial charge on any atom is -0.494 e. The van der Waals surface area contributed by atoms with E-state index >= 15 is 0 Å². The number of nitrogens with one attached hydrogen (secondary N) is 1. The van der Waals surface area contributed by atoms with Crippen molar-refractivity contribution in [2.24, 2.45) is 0 Å². The number of Topliss-reactive ketones (excluding diaryl/α,β-unsaturated/α-hetero) is 1. The van der Waals surface area contributed by atoms with Gasteiger partial charge in [0.1, 0.15) is 5.75 Å². The molecule has 1 aromatic heterocycles. The number of carbonyl (C=O) groups is 1. The minimum atomic E-state index is -0.0554. The molecular weight excluding hydrogens is 352 g/mol. The van der Waals surface area contributed by atoms with Gasteiger partial charge in [-0.2, -0.15) is 0 Å². The molecule has 3 aromatic rings. The van der Waals surface area contributed by atoms with Crippen LogP contribution in [0.1, 0.15) is 17.3 Å². The number of hydrogen-bond acceptors (Lipinski definition) is 7. The molecule has 7 heteroatoms. The molecule has 136 valence electrons. The van der Waals surface area contributed by atoms with E-state index in [0.717, 1.165) is 16.0 Å². The number of thiazole rings is 1. The molecule has 0 aliphatic heterocycles. The maximum absolute atomic E-state index is 12.4. The van der Waals surface area contributed by atoms with Gasteiger partial charge in [-0.15, -0.1) is 0 Å². The largest absolute Gasteiger partial charge is 0.494 e. The summed E-state index contributed by atoms with van der Waals surface area (Å²) in [6.45, 7) is 2.71. The predicted molar refractivity (Wildman–Crippen MR) is 103 cm³/mol. The average molecular weight is 372 g/mol. The molecule has 6 nitrogen and oxygen atoms in total. The Morgan fingerprint density at radius 2 is 1.92 bits per heavy atom. The monoisotopic (exact) mass is 372 g/mol. The van der Waals surface area contributed by atoms with E-state index in [0.29, 0.717) is 28.8 Å². The molecular formula is C19H20N2O4S. The van der Waals surface area contributed by atoms with Crippen LogP contribution in [0.15, 0.2) is 36.4 Å². The fraction of sp³-hybridized carbons (Fsp3) is 0.263. The van der Waals surface area contributed by atoms with Crippen molar-refractivity contribution in [1.82, 2.24) is 4.98 Å². The smallest absolute Gasteiger partial charge is 0.184 e. The molecule has 26 heavy (non-hydrogen) atoms. The summed E-state index contributed by atoms with van der Waals surface area (Å²) < 4.78 is 16.9. The molecule has 0 aliphatic carbocycles. The third-order valence-corrected chi connectivity index (χ3v) is 4.75. The Balaban J connectivity index is 1.70. The Kier molecular flexibility index (Phi) is 5.58. The molecule has 0 bridgehead atoms. The van der Waals surface area contributed by atoms with Gasteiger partial charge in [-0.05, 0) is 43.3 Å². The van der Waals surface area contributed by atoms with E-state index in [2.05, 4.69) is 10.3 Å². The van der Waals surface area contributed by atoms with Gasteiger partial charge in [-0.1, -0.05) is 11.3 Å². The first-order valence-corrected chi connectivity index (χ1v) is 8.98. The number of methoxy groups -OCH3 is 2. The maximum Gasteiger partial charge on any atom is 0.184 e. The summed E-state index contributed by atoms with van der Waals surface area (Å²) in [4.78, 5) is 16.9. The summed E-state index contributed by atoms with van der Waals surface area (Å²) in [5.41, 5.74) is 1.43. The molecule has 1 N–H and O–H groups in total. The molecule has 0 unspecified atom stereocenters. The third-order valence-electron chi connectivity index (χ3n) is 3.78. The van der Waals surface area contributed by atoms with E-state index in [1.807, 2.05) is 25.1 Å². The van der Waals surface area contributed by atoms with Gasteiger partial charge in [0.15, 0.2) is 22.4 Å². The number of ketones is 1. The summed E-state index contributed by atoms with van der Waals surface area (Å²) >= 11 is 1.49. The van der Waals surface area contributed by atoms with Gasteiger partial charge in [0, 0.05) is 5.56 Å². The van der Waals surface area contributed by atoms with E-state index in [1.165, 1.54) is 11.3 Å². The third kappa shape index (κ3) is 3.88. The van der Waals surface area contributed by atoms with E-state index in [4.69, 9.17) is 14.2 Å². The Hall–Kier alpha value is -2.80. The number of aromatic nitrogens is 1. The lowest BCUT2D eigenvalue weighted by molar-refractivity contribution is 0.101. The normalized spacial score (nSPS) is 10.6. The highest BCUT2D eigenvalue weighted by Gasteiger charge is 2.12. The summed E-state index contributed by atoms with van der Waals surface area (Å²) in [5, 5.41) is 3.79. The molecule has 3 rings (SSSR count). The van der Waals surface area contributed by atoms with Crippen molar-refractivity contribution in [2.45, 2.75) is 6.92 Å². The number of rotatable bonds is 8. The number of fused-ring (bicyclic) bond motifs is 1. The second-order valence-electron chi connectivity index (χ2n) is 5.43. The predicted octanol–water partition coefficient (Wildman–Crippen LogP) is 4.01. The zero-order valence-electron chi connectivity index (χ0n) is 14.9. The molecule has 1 heterocycles. The summed E-state index contributed by atoms with van der Waals surface area (Å²) in [6.07, 6.45) is 0. The maximum atomic E-state index is 12.4. The Bertz CT molecular complexity index is 923. The zero-order valence-corrected chi connectivity index (χ0v) is 15.7. The highest BCUT2D eigenvalue weighted by atomic mass is 32.1. The second kappa shape index (κ2) is 8.05.